The van der Waals surface area contributed by atoms with Crippen molar-refractivity contribution in [2.45, 2.75) is 57.1 Å². The molecule has 1 spiro atoms. The zero-order valence-corrected chi connectivity index (χ0v) is 22.5. The smallest absolute Gasteiger partial charge is 0.403 e. The Bertz CT molecular complexity index is 1720. The minimum Gasteiger partial charge on any atom is -0.403 e. The average Bonchev–Trinajstić information content (AvgIpc) is 3.30. The van der Waals surface area contributed by atoms with Gasteiger partial charge in [0.2, 0.25) is 0 Å². The molecule has 0 N–H and O–H groups in total. The summed E-state index contributed by atoms with van der Waals surface area (Å²) in [7, 11) is -0.234. The third kappa shape index (κ3) is 2.81. The number of hydrogen-bond donors (Lipinski definition) is 0. The molecule has 0 bridgehead atoms. The van der Waals surface area contributed by atoms with Gasteiger partial charge in [-0.3, -0.25) is 0 Å². The molecule has 0 atom stereocenters. The van der Waals surface area contributed by atoms with Gasteiger partial charge in [0.1, 0.15) is 0 Å². The Balaban J connectivity index is 1.29. The highest BCUT2D eigenvalue weighted by atomic mass is 16.7. The Morgan fingerprint density at radius 1 is 0.632 bits per heavy atom. The van der Waals surface area contributed by atoms with E-state index in [-0.39, 0.29) is 23.7 Å². The second-order valence-electron chi connectivity index (χ2n) is 12.4. The zero-order chi connectivity index (χ0) is 25.9. The Morgan fingerprint density at radius 2 is 1.24 bits per heavy atom. The van der Waals surface area contributed by atoms with E-state index in [9.17, 15) is 0 Å². The molecule has 0 radical (unpaired) electrons. The van der Waals surface area contributed by atoms with E-state index in [0.29, 0.717) is 0 Å². The summed E-state index contributed by atoms with van der Waals surface area (Å²) in [5.74, 6) is 0. The monoisotopic (exact) mass is 494 g/mol. The Hall–Kier alpha value is -3.40. The SMILES string of the molecule is CC1(C)OB(Cc2ccc3c(c2)-c2ccccc2C2(C3)c3cccc4ccc5cccc2c5c34)OC1(C)C. The van der Waals surface area contributed by atoms with Crippen LogP contribution in [0.25, 0.3) is 32.7 Å². The first-order chi connectivity index (χ1) is 18.3. The molecule has 5 aromatic carbocycles. The molecule has 0 saturated carbocycles. The molecule has 3 heteroatoms. The predicted molar refractivity (Wildman–Crippen MR) is 157 cm³/mol. The summed E-state index contributed by atoms with van der Waals surface area (Å²) < 4.78 is 12.7. The third-order valence-corrected chi connectivity index (χ3v) is 9.82. The van der Waals surface area contributed by atoms with Gasteiger partial charge in [0.15, 0.2) is 0 Å². The molecular formula is C35H31BO2. The van der Waals surface area contributed by atoms with E-state index >= 15 is 0 Å². The normalized spacial score (nSPS) is 19.4. The van der Waals surface area contributed by atoms with Crippen molar-refractivity contribution >= 4 is 28.7 Å². The summed E-state index contributed by atoms with van der Waals surface area (Å²) >= 11 is 0. The van der Waals surface area contributed by atoms with Crippen LogP contribution in [0.2, 0.25) is 0 Å². The highest BCUT2D eigenvalue weighted by Crippen LogP contribution is 2.58. The van der Waals surface area contributed by atoms with Crippen LogP contribution in [0.1, 0.15) is 55.5 Å². The lowest BCUT2D eigenvalue weighted by Crippen LogP contribution is -2.41. The van der Waals surface area contributed by atoms with Gasteiger partial charge in [-0.1, -0.05) is 91.0 Å². The maximum absolute atomic E-state index is 6.34. The van der Waals surface area contributed by atoms with Crippen LogP contribution in [0.15, 0.2) is 91.0 Å². The number of fused-ring (bicyclic) bond motifs is 6. The molecule has 0 amide bonds. The Kier molecular flexibility index (Phi) is 4.38. The summed E-state index contributed by atoms with van der Waals surface area (Å²) in [6.07, 6.45) is 1.71. The van der Waals surface area contributed by atoms with Crippen LogP contribution in [0.4, 0.5) is 0 Å². The Morgan fingerprint density at radius 3 is 1.89 bits per heavy atom. The van der Waals surface area contributed by atoms with E-state index in [1.807, 2.05) is 0 Å². The fourth-order valence-electron chi connectivity index (χ4n) is 7.36. The fourth-order valence-corrected chi connectivity index (χ4v) is 7.36. The maximum atomic E-state index is 6.34. The van der Waals surface area contributed by atoms with Crippen LogP contribution >= 0.6 is 0 Å². The van der Waals surface area contributed by atoms with Crippen molar-refractivity contribution in [3.8, 4) is 11.1 Å². The molecule has 186 valence electrons. The molecule has 1 saturated heterocycles. The van der Waals surface area contributed by atoms with E-state index < -0.39 is 0 Å². The second-order valence-corrected chi connectivity index (χ2v) is 12.4. The van der Waals surface area contributed by atoms with Crippen LogP contribution in [0.5, 0.6) is 0 Å². The van der Waals surface area contributed by atoms with Crippen molar-refractivity contribution in [3.05, 3.63) is 119 Å². The molecule has 2 nitrogen and oxygen atoms in total. The van der Waals surface area contributed by atoms with Crippen LogP contribution in [0, 0.1) is 0 Å². The second kappa shape index (κ2) is 7.37. The van der Waals surface area contributed by atoms with Gasteiger partial charge < -0.3 is 9.31 Å². The van der Waals surface area contributed by atoms with Crippen molar-refractivity contribution < 1.29 is 9.31 Å². The molecule has 0 aromatic heterocycles. The van der Waals surface area contributed by atoms with Crippen LogP contribution in [-0.4, -0.2) is 18.3 Å². The van der Waals surface area contributed by atoms with Crippen molar-refractivity contribution in [3.63, 3.8) is 0 Å². The summed E-state index contributed by atoms with van der Waals surface area (Å²) in [6, 6.07) is 34.4. The minimum absolute atomic E-state index is 0.181. The van der Waals surface area contributed by atoms with Gasteiger partial charge in [-0.15, -0.1) is 0 Å². The molecule has 5 aromatic rings. The third-order valence-electron chi connectivity index (χ3n) is 9.82. The molecule has 1 fully saturated rings. The molecule has 3 aliphatic rings. The minimum atomic E-state index is -0.315. The first kappa shape index (κ1) is 22.6. The highest BCUT2D eigenvalue weighted by molar-refractivity contribution is 6.45. The first-order valence-electron chi connectivity index (χ1n) is 13.8. The topological polar surface area (TPSA) is 18.5 Å². The lowest BCUT2D eigenvalue weighted by Gasteiger charge is -2.39. The molecule has 2 aliphatic carbocycles. The van der Waals surface area contributed by atoms with Crippen LogP contribution in [0.3, 0.4) is 0 Å². The molecule has 1 heterocycles. The maximum Gasteiger partial charge on any atom is 0.462 e. The van der Waals surface area contributed by atoms with Gasteiger partial charge in [-0.25, -0.2) is 0 Å². The standard InChI is InChI=1S/C35H31BO2/c1-33(2)34(3,4)38-36(37-33)21-22-15-16-25-20-35(28-12-6-5-11-26(28)27(25)19-22)29-13-7-9-23-17-18-24-10-8-14-30(35)32(24)31(23)29/h5-19H,20-21H2,1-4H3. The van der Waals surface area contributed by atoms with Gasteiger partial charge in [-0.2, -0.15) is 0 Å². The van der Waals surface area contributed by atoms with E-state index in [1.165, 1.54) is 60.5 Å². The van der Waals surface area contributed by atoms with E-state index in [2.05, 4.69) is 119 Å². The number of rotatable bonds is 2. The summed E-state index contributed by atoms with van der Waals surface area (Å²) in [5.41, 5.74) is 8.84. The van der Waals surface area contributed by atoms with Gasteiger partial charge in [0.25, 0.3) is 0 Å². The molecule has 38 heavy (non-hydrogen) atoms. The van der Waals surface area contributed by atoms with Crippen molar-refractivity contribution in [2.24, 2.45) is 0 Å². The van der Waals surface area contributed by atoms with Crippen molar-refractivity contribution in [2.75, 3.05) is 0 Å². The van der Waals surface area contributed by atoms with Crippen LogP contribution < -0.4 is 0 Å². The Labute approximate surface area is 224 Å². The van der Waals surface area contributed by atoms with Gasteiger partial charge in [0.05, 0.1) is 16.6 Å². The average molecular weight is 494 g/mol. The molecule has 1 aliphatic heterocycles. The lowest BCUT2D eigenvalue weighted by atomic mass is 9.62. The van der Waals surface area contributed by atoms with E-state index in [0.717, 1.165) is 12.7 Å². The number of benzene rings is 5. The van der Waals surface area contributed by atoms with Gasteiger partial charge >= 0.3 is 7.12 Å². The summed E-state index contributed by atoms with van der Waals surface area (Å²) in [4.78, 5) is 0. The molecule has 8 rings (SSSR count). The summed E-state index contributed by atoms with van der Waals surface area (Å²) in [5, 5.41) is 5.52. The van der Waals surface area contributed by atoms with Gasteiger partial charge in [-0.05, 0) is 94.6 Å². The number of hydrogen-bond acceptors (Lipinski definition) is 2. The molecular weight excluding hydrogens is 463 g/mol. The fraction of sp³-hybridized carbons (Fsp3) is 0.257. The highest BCUT2D eigenvalue weighted by Gasteiger charge is 2.51. The molecule has 0 unspecified atom stereocenters. The van der Waals surface area contributed by atoms with Crippen LogP contribution in [-0.2, 0) is 27.5 Å². The largest absolute Gasteiger partial charge is 0.462 e. The zero-order valence-electron chi connectivity index (χ0n) is 22.5. The van der Waals surface area contributed by atoms with Gasteiger partial charge in [0, 0.05) is 6.32 Å². The van der Waals surface area contributed by atoms with Crippen molar-refractivity contribution in [1.82, 2.24) is 0 Å². The quantitative estimate of drug-likeness (QED) is 0.183. The van der Waals surface area contributed by atoms with Crippen molar-refractivity contribution in [1.29, 1.82) is 0 Å². The summed E-state index contributed by atoms with van der Waals surface area (Å²) in [6.45, 7) is 8.49. The predicted octanol–water partition coefficient (Wildman–Crippen LogP) is 8.04. The van der Waals surface area contributed by atoms with E-state index in [1.54, 1.807) is 0 Å². The van der Waals surface area contributed by atoms with E-state index in [4.69, 9.17) is 9.31 Å². The first-order valence-corrected chi connectivity index (χ1v) is 13.8. The lowest BCUT2D eigenvalue weighted by molar-refractivity contribution is 0.00578.